The van der Waals surface area contributed by atoms with Crippen molar-refractivity contribution in [3.8, 4) is 0 Å². The lowest BCUT2D eigenvalue weighted by Crippen LogP contribution is -2.34. The monoisotopic (exact) mass is 472 g/mol. The lowest BCUT2D eigenvalue weighted by Gasteiger charge is -2.27. The first-order chi connectivity index (χ1) is 15.3. The van der Waals surface area contributed by atoms with Crippen LogP contribution in [0.25, 0.3) is 0 Å². The molecule has 0 saturated carbocycles. The normalized spacial score (nSPS) is 11.2. The van der Waals surface area contributed by atoms with Gasteiger partial charge in [-0.15, -0.1) is 0 Å². The standard InChI is InChI=1S/C24H25ClN2O4S/c1-18-7-13-21(14-8-18)32(29,30)27(17-19-9-11-20(25)12-10-19)23-6-4-3-5-22(23)24(28)26-15-16-31-2/h3-14H,15-17H2,1-2H3,(H,26,28). The molecule has 0 aliphatic heterocycles. The number of nitrogens with one attached hydrogen (secondary N) is 1. The number of anilines is 1. The average Bonchev–Trinajstić information content (AvgIpc) is 2.79. The number of hydrogen-bond acceptors (Lipinski definition) is 4. The fourth-order valence-electron chi connectivity index (χ4n) is 3.14. The second kappa shape index (κ2) is 10.6. The SMILES string of the molecule is COCCNC(=O)c1ccccc1N(Cc1ccc(Cl)cc1)S(=O)(=O)c1ccc(C)cc1. The summed E-state index contributed by atoms with van der Waals surface area (Å²) in [6.45, 7) is 2.59. The van der Waals surface area contributed by atoms with Crippen LogP contribution in [-0.2, 0) is 21.3 Å². The third-order valence-electron chi connectivity index (χ3n) is 4.86. The van der Waals surface area contributed by atoms with E-state index in [2.05, 4.69) is 5.32 Å². The summed E-state index contributed by atoms with van der Waals surface area (Å²) in [6, 6.07) is 20.2. The van der Waals surface area contributed by atoms with E-state index < -0.39 is 10.0 Å². The van der Waals surface area contributed by atoms with Gasteiger partial charge in [-0.1, -0.05) is 53.6 Å². The van der Waals surface area contributed by atoms with Crippen LogP contribution in [0.4, 0.5) is 5.69 Å². The van der Waals surface area contributed by atoms with Crippen molar-refractivity contribution in [2.75, 3.05) is 24.6 Å². The molecule has 1 amide bonds. The topological polar surface area (TPSA) is 75.7 Å². The summed E-state index contributed by atoms with van der Waals surface area (Å²) >= 11 is 6.00. The molecule has 8 heteroatoms. The van der Waals surface area contributed by atoms with Gasteiger partial charge in [0.15, 0.2) is 0 Å². The van der Waals surface area contributed by atoms with Crippen molar-refractivity contribution in [1.82, 2.24) is 5.32 Å². The Morgan fingerprint density at radius 2 is 1.66 bits per heavy atom. The summed E-state index contributed by atoms with van der Waals surface area (Å²) < 4.78 is 33.6. The van der Waals surface area contributed by atoms with Crippen LogP contribution in [0, 0.1) is 6.92 Å². The van der Waals surface area contributed by atoms with Crippen molar-refractivity contribution in [1.29, 1.82) is 0 Å². The summed E-state index contributed by atoms with van der Waals surface area (Å²) in [6.07, 6.45) is 0. The molecule has 3 aromatic carbocycles. The maximum absolute atomic E-state index is 13.7. The second-order valence-electron chi connectivity index (χ2n) is 7.22. The van der Waals surface area contributed by atoms with Crippen LogP contribution in [-0.4, -0.2) is 34.6 Å². The van der Waals surface area contributed by atoms with Crippen LogP contribution >= 0.6 is 11.6 Å². The molecule has 6 nitrogen and oxygen atoms in total. The van der Waals surface area contributed by atoms with Crippen molar-refractivity contribution in [2.24, 2.45) is 0 Å². The number of nitrogens with zero attached hydrogens (tertiary/aromatic N) is 1. The molecule has 0 aliphatic rings. The van der Waals surface area contributed by atoms with E-state index in [9.17, 15) is 13.2 Å². The van der Waals surface area contributed by atoms with Gasteiger partial charge in [-0.3, -0.25) is 9.10 Å². The van der Waals surface area contributed by atoms with Gasteiger partial charge in [-0.05, 0) is 48.9 Å². The maximum Gasteiger partial charge on any atom is 0.264 e. The van der Waals surface area contributed by atoms with E-state index in [0.717, 1.165) is 11.1 Å². The van der Waals surface area contributed by atoms with Crippen molar-refractivity contribution >= 4 is 33.2 Å². The van der Waals surface area contributed by atoms with Crippen LogP contribution in [0.5, 0.6) is 0 Å². The van der Waals surface area contributed by atoms with Gasteiger partial charge in [0.25, 0.3) is 15.9 Å². The first-order valence-electron chi connectivity index (χ1n) is 10.0. The number of hydrogen-bond donors (Lipinski definition) is 1. The van der Waals surface area contributed by atoms with Gasteiger partial charge in [0.1, 0.15) is 0 Å². The number of aryl methyl sites for hydroxylation is 1. The van der Waals surface area contributed by atoms with Gasteiger partial charge in [-0.2, -0.15) is 0 Å². The zero-order valence-electron chi connectivity index (χ0n) is 17.9. The number of carbonyl (C=O) groups excluding carboxylic acids is 1. The van der Waals surface area contributed by atoms with Gasteiger partial charge in [0.05, 0.1) is 29.3 Å². The second-order valence-corrected chi connectivity index (χ2v) is 9.52. The van der Waals surface area contributed by atoms with Crippen molar-refractivity contribution in [3.63, 3.8) is 0 Å². The van der Waals surface area contributed by atoms with Crippen molar-refractivity contribution < 1.29 is 17.9 Å². The molecule has 0 atom stereocenters. The molecule has 0 aliphatic carbocycles. The fraction of sp³-hybridized carbons (Fsp3) is 0.208. The van der Waals surface area contributed by atoms with Crippen LogP contribution in [0.1, 0.15) is 21.5 Å². The van der Waals surface area contributed by atoms with Crippen molar-refractivity contribution in [3.05, 3.63) is 94.5 Å². The molecule has 3 aromatic rings. The zero-order chi connectivity index (χ0) is 23.1. The molecule has 1 N–H and O–H groups in total. The highest BCUT2D eigenvalue weighted by atomic mass is 35.5. The number of carbonyl (C=O) groups is 1. The number of ether oxygens (including phenoxy) is 1. The summed E-state index contributed by atoms with van der Waals surface area (Å²) in [5.41, 5.74) is 2.23. The number of para-hydroxylation sites is 1. The van der Waals surface area contributed by atoms with Gasteiger partial charge in [0.2, 0.25) is 0 Å². The van der Waals surface area contributed by atoms with E-state index in [1.807, 2.05) is 6.92 Å². The Bertz CT molecular complexity index is 1160. The van der Waals surface area contributed by atoms with Crippen molar-refractivity contribution in [2.45, 2.75) is 18.4 Å². The minimum absolute atomic E-state index is 0.0374. The van der Waals surface area contributed by atoms with Crippen LogP contribution in [0.3, 0.4) is 0 Å². The van der Waals surface area contributed by atoms with E-state index in [1.165, 1.54) is 4.31 Å². The van der Waals surface area contributed by atoms with E-state index >= 15 is 0 Å². The number of halogens is 1. The lowest BCUT2D eigenvalue weighted by molar-refractivity contribution is 0.0937. The lowest BCUT2D eigenvalue weighted by atomic mass is 10.1. The minimum atomic E-state index is -3.96. The molecule has 32 heavy (non-hydrogen) atoms. The smallest absolute Gasteiger partial charge is 0.264 e. The predicted octanol–water partition coefficient (Wildman–Crippen LogP) is 4.42. The molecule has 0 radical (unpaired) electrons. The van der Waals surface area contributed by atoms with Gasteiger partial charge < -0.3 is 10.1 Å². The van der Waals surface area contributed by atoms with Gasteiger partial charge in [0, 0.05) is 18.7 Å². The summed E-state index contributed by atoms with van der Waals surface area (Å²) in [4.78, 5) is 13.0. The first-order valence-corrected chi connectivity index (χ1v) is 11.8. The third kappa shape index (κ3) is 5.68. The van der Waals surface area contributed by atoms with E-state index in [-0.39, 0.29) is 28.6 Å². The van der Waals surface area contributed by atoms with E-state index in [0.29, 0.717) is 18.2 Å². The van der Waals surface area contributed by atoms with Crippen LogP contribution in [0.15, 0.2) is 77.7 Å². The Kier molecular flexibility index (Phi) is 7.90. The Morgan fingerprint density at radius 1 is 1.00 bits per heavy atom. The molecule has 0 aromatic heterocycles. The predicted molar refractivity (Wildman–Crippen MR) is 127 cm³/mol. The average molecular weight is 473 g/mol. The molecular formula is C24H25ClN2O4S. The Morgan fingerprint density at radius 3 is 2.31 bits per heavy atom. The fourth-order valence-corrected chi connectivity index (χ4v) is 4.74. The molecule has 168 valence electrons. The molecule has 0 heterocycles. The molecule has 0 bridgehead atoms. The molecule has 3 rings (SSSR count). The summed E-state index contributed by atoms with van der Waals surface area (Å²) in [5.74, 6) is -0.377. The number of methoxy groups -OCH3 is 1. The zero-order valence-corrected chi connectivity index (χ0v) is 19.5. The maximum atomic E-state index is 13.7. The molecule has 0 unspecified atom stereocenters. The van der Waals surface area contributed by atoms with E-state index in [1.54, 1.807) is 79.9 Å². The van der Waals surface area contributed by atoms with Crippen LogP contribution < -0.4 is 9.62 Å². The number of benzene rings is 3. The molecule has 0 saturated heterocycles. The minimum Gasteiger partial charge on any atom is -0.383 e. The van der Waals surface area contributed by atoms with Crippen LogP contribution in [0.2, 0.25) is 5.02 Å². The highest BCUT2D eigenvalue weighted by molar-refractivity contribution is 7.92. The third-order valence-corrected chi connectivity index (χ3v) is 6.88. The molecule has 0 fully saturated rings. The van der Waals surface area contributed by atoms with Gasteiger partial charge in [-0.25, -0.2) is 8.42 Å². The number of amides is 1. The quantitative estimate of drug-likeness (QED) is 0.468. The Labute approximate surface area is 193 Å². The van der Waals surface area contributed by atoms with Gasteiger partial charge >= 0.3 is 0 Å². The molecule has 0 spiro atoms. The number of sulfonamides is 1. The highest BCUT2D eigenvalue weighted by Crippen LogP contribution is 2.29. The highest BCUT2D eigenvalue weighted by Gasteiger charge is 2.28. The van der Waals surface area contributed by atoms with E-state index in [4.69, 9.17) is 16.3 Å². The number of rotatable bonds is 9. The summed E-state index contributed by atoms with van der Waals surface area (Å²) in [7, 11) is -2.42. The summed E-state index contributed by atoms with van der Waals surface area (Å²) in [5, 5.41) is 3.32. The largest absolute Gasteiger partial charge is 0.383 e. The Balaban J connectivity index is 2.08. The Hall–Kier alpha value is -2.87. The first kappa shape index (κ1) is 23.8. The molecular weight excluding hydrogens is 448 g/mol.